The van der Waals surface area contributed by atoms with E-state index in [1.165, 1.54) is 36.7 Å². The van der Waals surface area contributed by atoms with Crippen molar-refractivity contribution < 1.29 is 18.3 Å². The van der Waals surface area contributed by atoms with Gasteiger partial charge in [-0.05, 0) is 61.2 Å². The molecule has 2 aliphatic heterocycles. The standard InChI is InChI=1S/C14H18FN.C9H8FNO2/c1-2-9-16-10-7-13(8-11-16)12-3-5-14(15)6-4-12;1-5-2-3-6(10)7-8(5)13-4-11-9(7)12/h3-7H,2,8-11H2,1H3;2-3H,4H2,1H3,(H,11,12). The Bertz CT molecular complexity index is 894. The van der Waals surface area contributed by atoms with E-state index in [0.717, 1.165) is 30.6 Å². The Morgan fingerprint density at radius 3 is 2.52 bits per heavy atom. The van der Waals surface area contributed by atoms with E-state index in [-0.39, 0.29) is 18.1 Å². The molecule has 1 N–H and O–H groups in total. The fourth-order valence-electron chi connectivity index (χ4n) is 3.48. The zero-order valence-electron chi connectivity index (χ0n) is 16.8. The summed E-state index contributed by atoms with van der Waals surface area (Å²) in [6.07, 6.45) is 4.55. The summed E-state index contributed by atoms with van der Waals surface area (Å²) in [4.78, 5) is 13.7. The fourth-order valence-corrected chi connectivity index (χ4v) is 3.48. The van der Waals surface area contributed by atoms with Crippen molar-refractivity contribution in [1.82, 2.24) is 10.2 Å². The number of aryl methyl sites for hydroxylation is 1. The summed E-state index contributed by atoms with van der Waals surface area (Å²) < 4.78 is 31.1. The van der Waals surface area contributed by atoms with Gasteiger partial charge in [0.2, 0.25) is 0 Å². The molecule has 2 heterocycles. The molecule has 0 aliphatic carbocycles. The van der Waals surface area contributed by atoms with Crippen LogP contribution >= 0.6 is 0 Å². The zero-order chi connectivity index (χ0) is 20.8. The molecule has 0 radical (unpaired) electrons. The smallest absolute Gasteiger partial charge is 0.260 e. The summed E-state index contributed by atoms with van der Waals surface area (Å²) in [5.41, 5.74) is 3.29. The molecule has 0 spiro atoms. The lowest BCUT2D eigenvalue weighted by Crippen LogP contribution is -2.34. The Balaban J connectivity index is 0.000000169. The number of carbonyl (C=O) groups is 1. The zero-order valence-corrected chi connectivity index (χ0v) is 16.8. The number of fused-ring (bicyclic) bond motifs is 1. The van der Waals surface area contributed by atoms with Gasteiger partial charge in [-0.2, -0.15) is 0 Å². The highest BCUT2D eigenvalue weighted by Crippen LogP contribution is 2.27. The number of amides is 1. The molecule has 1 amide bonds. The number of halogens is 2. The third-order valence-electron chi connectivity index (χ3n) is 5.03. The number of nitrogens with one attached hydrogen (secondary N) is 1. The molecule has 0 atom stereocenters. The predicted octanol–water partition coefficient (Wildman–Crippen LogP) is 4.54. The van der Waals surface area contributed by atoms with Crippen LogP contribution in [0, 0.1) is 18.6 Å². The average Bonchev–Trinajstić information content (AvgIpc) is 2.73. The molecule has 0 unspecified atom stereocenters. The van der Waals surface area contributed by atoms with Crippen LogP contribution in [-0.4, -0.2) is 37.2 Å². The molecule has 154 valence electrons. The second kappa shape index (κ2) is 9.65. The van der Waals surface area contributed by atoms with E-state index >= 15 is 0 Å². The predicted molar refractivity (Wildman–Crippen MR) is 110 cm³/mol. The van der Waals surface area contributed by atoms with Gasteiger partial charge in [0.1, 0.15) is 22.9 Å². The van der Waals surface area contributed by atoms with E-state index < -0.39 is 11.7 Å². The van der Waals surface area contributed by atoms with Crippen LogP contribution in [0.3, 0.4) is 0 Å². The maximum absolute atomic E-state index is 13.2. The van der Waals surface area contributed by atoms with E-state index in [1.54, 1.807) is 13.0 Å². The van der Waals surface area contributed by atoms with Crippen LogP contribution in [0.2, 0.25) is 0 Å². The van der Waals surface area contributed by atoms with Crippen molar-refractivity contribution in [3.8, 4) is 5.75 Å². The van der Waals surface area contributed by atoms with Gasteiger partial charge in [-0.3, -0.25) is 9.69 Å². The van der Waals surface area contributed by atoms with Gasteiger partial charge in [-0.15, -0.1) is 0 Å². The van der Waals surface area contributed by atoms with Gasteiger partial charge >= 0.3 is 0 Å². The molecular weight excluding hydrogens is 374 g/mol. The third kappa shape index (κ3) is 5.21. The molecule has 0 aromatic heterocycles. The van der Waals surface area contributed by atoms with Crippen LogP contribution < -0.4 is 10.1 Å². The maximum atomic E-state index is 13.2. The number of benzene rings is 2. The molecule has 2 aromatic carbocycles. The number of rotatable bonds is 3. The Hall–Kier alpha value is -2.73. The van der Waals surface area contributed by atoms with Crippen LogP contribution in [0.4, 0.5) is 8.78 Å². The molecular formula is C23H26F2N2O2. The second-order valence-electron chi connectivity index (χ2n) is 7.15. The Morgan fingerprint density at radius 2 is 1.90 bits per heavy atom. The summed E-state index contributed by atoms with van der Waals surface area (Å²) in [5, 5.41) is 2.41. The van der Waals surface area contributed by atoms with Crippen LogP contribution in [0.25, 0.3) is 5.57 Å². The Kier molecular flexibility index (Phi) is 6.99. The van der Waals surface area contributed by atoms with Gasteiger partial charge in [-0.25, -0.2) is 8.78 Å². The molecule has 0 bridgehead atoms. The highest BCUT2D eigenvalue weighted by Gasteiger charge is 2.23. The quantitative estimate of drug-likeness (QED) is 0.823. The maximum Gasteiger partial charge on any atom is 0.260 e. The normalized spacial score (nSPS) is 16.0. The molecule has 0 fully saturated rings. The Labute approximate surface area is 170 Å². The molecule has 0 saturated carbocycles. The summed E-state index contributed by atoms with van der Waals surface area (Å²) in [6, 6.07) is 9.67. The first-order chi connectivity index (χ1) is 14.0. The number of ether oxygens (including phenoxy) is 1. The van der Waals surface area contributed by atoms with E-state index in [9.17, 15) is 13.6 Å². The van der Waals surface area contributed by atoms with E-state index in [2.05, 4.69) is 23.2 Å². The monoisotopic (exact) mass is 400 g/mol. The van der Waals surface area contributed by atoms with Crippen LogP contribution in [0.1, 0.15) is 41.3 Å². The van der Waals surface area contributed by atoms with Gasteiger partial charge in [-0.1, -0.05) is 31.2 Å². The minimum Gasteiger partial charge on any atom is -0.472 e. The van der Waals surface area contributed by atoms with Gasteiger partial charge < -0.3 is 10.1 Å². The number of hydrogen-bond donors (Lipinski definition) is 1. The SMILES string of the molecule is CCCN1CC=C(c2ccc(F)cc2)CC1.Cc1ccc(F)c2c1OCNC2=O. The first kappa shape index (κ1) is 21.0. The van der Waals surface area contributed by atoms with Crippen molar-refractivity contribution in [1.29, 1.82) is 0 Å². The van der Waals surface area contributed by atoms with Crippen LogP contribution in [0.5, 0.6) is 5.75 Å². The summed E-state index contributed by atoms with van der Waals surface area (Å²) >= 11 is 0. The number of nitrogens with zero attached hydrogens (tertiary/aromatic N) is 1. The summed E-state index contributed by atoms with van der Waals surface area (Å²) in [6.45, 7) is 7.41. The molecule has 4 rings (SSSR count). The van der Waals surface area contributed by atoms with Crippen molar-refractivity contribution in [3.63, 3.8) is 0 Å². The lowest BCUT2D eigenvalue weighted by Gasteiger charge is -2.25. The largest absolute Gasteiger partial charge is 0.472 e. The highest BCUT2D eigenvalue weighted by molar-refractivity contribution is 5.98. The molecule has 0 saturated heterocycles. The van der Waals surface area contributed by atoms with Gasteiger partial charge in [0.15, 0.2) is 6.73 Å². The van der Waals surface area contributed by atoms with E-state index in [4.69, 9.17) is 4.74 Å². The van der Waals surface area contributed by atoms with Crippen molar-refractivity contribution in [2.24, 2.45) is 0 Å². The van der Waals surface area contributed by atoms with Gasteiger partial charge in [0, 0.05) is 13.1 Å². The summed E-state index contributed by atoms with van der Waals surface area (Å²) in [7, 11) is 0. The summed E-state index contributed by atoms with van der Waals surface area (Å²) in [5.74, 6) is -0.767. The van der Waals surface area contributed by atoms with Crippen molar-refractivity contribution >= 4 is 11.5 Å². The van der Waals surface area contributed by atoms with E-state index in [1.807, 2.05) is 12.1 Å². The average molecular weight is 400 g/mol. The molecule has 2 aliphatic rings. The Morgan fingerprint density at radius 1 is 1.14 bits per heavy atom. The van der Waals surface area contributed by atoms with Gasteiger partial charge in [0.25, 0.3) is 5.91 Å². The van der Waals surface area contributed by atoms with Gasteiger partial charge in [0.05, 0.1) is 0 Å². The lowest BCUT2D eigenvalue weighted by molar-refractivity contribution is 0.0876. The fraction of sp³-hybridized carbons (Fsp3) is 0.348. The first-order valence-electron chi connectivity index (χ1n) is 9.87. The number of hydrogen-bond acceptors (Lipinski definition) is 3. The van der Waals surface area contributed by atoms with Crippen LogP contribution in [0.15, 0.2) is 42.5 Å². The lowest BCUT2D eigenvalue weighted by atomic mass is 9.99. The third-order valence-corrected chi connectivity index (χ3v) is 5.03. The van der Waals surface area contributed by atoms with Crippen molar-refractivity contribution in [2.75, 3.05) is 26.4 Å². The first-order valence-corrected chi connectivity index (χ1v) is 9.87. The minimum atomic E-state index is -0.544. The molecule has 2 aromatic rings. The van der Waals surface area contributed by atoms with Crippen LogP contribution in [-0.2, 0) is 0 Å². The highest BCUT2D eigenvalue weighted by atomic mass is 19.1. The molecule has 4 nitrogen and oxygen atoms in total. The van der Waals surface area contributed by atoms with Crippen molar-refractivity contribution in [3.05, 3.63) is 70.8 Å². The van der Waals surface area contributed by atoms with E-state index in [0.29, 0.717) is 5.75 Å². The second-order valence-corrected chi connectivity index (χ2v) is 7.15. The topological polar surface area (TPSA) is 41.6 Å². The molecule has 29 heavy (non-hydrogen) atoms. The van der Waals surface area contributed by atoms with Crippen molar-refractivity contribution in [2.45, 2.75) is 26.7 Å². The molecule has 6 heteroatoms. The minimum absolute atomic E-state index is 0.00579. The number of carbonyl (C=O) groups excluding carboxylic acids is 1.